The Balaban J connectivity index is 1.98. The van der Waals surface area contributed by atoms with Gasteiger partial charge in [0.2, 0.25) is 5.88 Å². The lowest BCUT2D eigenvalue weighted by atomic mass is 9.89. The highest BCUT2D eigenvalue weighted by molar-refractivity contribution is 5.95. The fourth-order valence-electron chi connectivity index (χ4n) is 2.16. The van der Waals surface area contributed by atoms with E-state index in [9.17, 15) is 0 Å². The van der Waals surface area contributed by atoms with Crippen LogP contribution in [0.4, 0.5) is 0 Å². The number of hydrogen-bond acceptors (Lipinski definition) is 3. The molecule has 17 heavy (non-hydrogen) atoms. The van der Waals surface area contributed by atoms with Crippen molar-refractivity contribution in [2.24, 2.45) is 11.7 Å². The second-order valence-corrected chi connectivity index (χ2v) is 4.80. The van der Waals surface area contributed by atoms with Crippen LogP contribution in [0.25, 0.3) is 0 Å². The summed E-state index contributed by atoms with van der Waals surface area (Å²) < 4.78 is 5.83. The minimum Gasteiger partial charge on any atom is -0.474 e. The van der Waals surface area contributed by atoms with Crippen molar-refractivity contribution in [2.75, 3.05) is 0 Å². The van der Waals surface area contributed by atoms with Gasteiger partial charge in [0.15, 0.2) is 0 Å². The highest BCUT2D eigenvalue weighted by atomic mass is 16.5. The number of hydrogen-bond donors (Lipinski definition) is 2. The molecule has 3 N–H and O–H groups in total. The first-order valence-corrected chi connectivity index (χ1v) is 6.12. The van der Waals surface area contributed by atoms with E-state index in [0.29, 0.717) is 11.4 Å². The van der Waals surface area contributed by atoms with E-state index in [0.717, 1.165) is 18.8 Å². The predicted molar refractivity (Wildman–Crippen MR) is 67.3 cm³/mol. The number of nitrogen functional groups attached to an aromatic ring is 1. The molecule has 1 saturated carbocycles. The predicted octanol–water partition coefficient (Wildman–Crippen LogP) is 2.32. The third-order valence-electron chi connectivity index (χ3n) is 3.30. The Morgan fingerprint density at radius 2 is 2.12 bits per heavy atom. The van der Waals surface area contributed by atoms with E-state index in [1.807, 2.05) is 0 Å². The summed E-state index contributed by atoms with van der Waals surface area (Å²) in [6.07, 6.45) is 6.52. The minimum atomic E-state index is 0.0505. The van der Waals surface area contributed by atoms with Gasteiger partial charge in [-0.15, -0.1) is 0 Å². The molecule has 0 amide bonds. The van der Waals surface area contributed by atoms with Crippen molar-refractivity contribution < 1.29 is 4.74 Å². The monoisotopic (exact) mass is 233 g/mol. The van der Waals surface area contributed by atoms with Gasteiger partial charge in [0, 0.05) is 17.8 Å². The number of rotatable bonds is 3. The van der Waals surface area contributed by atoms with Gasteiger partial charge < -0.3 is 10.5 Å². The maximum Gasteiger partial charge on any atom is 0.214 e. The Kier molecular flexibility index (Phi) is 3.61. The van der Waals surface area contributed by atoms with Crippen LogP contribution in [0.2, 0.25) is 0 Å². The van der Waals surface area contributed by atoms with Crippen molar-refractivity contribution >= 4 is 5.84 Å². The van der Waals surface area contributed by atoms with Crippen LogP contribution in [0.5, 0.6) is 5.88 Å². The minimum absolute atomic E-state index is 0.0505. The summed E-state index contributed by atoms with van der Waals surface area (Å²) in [5, 5.41) is 7.37. The van der Waals surface area contributed by atoms with Gasteiger partial charge in [-0.3, -0.25) is 5.41 Å². The third-order valence-corrected chi connectivity index (χ3v) is 3.30. The molecule has 0 radical (unpaired) electrons. The summed E-state index contributed by atoms with van der Waals surface area (Å²) in [6, 6.07) is 3.46. The molecule has 2 rings (SSSR count). The molecule has 0 unspecified atom stereocenters. The number of nitrogens with one attached hydrogen (secondary N) is 1. The van der Waals surface area contributed by atoms with Crippen LogP contribution in [-0.2, 0) is 0 Å². The van der Waals surface area contributed by atoms with Crippen molar-refractivity contribution in [3.63, 3.8) is 0 Å². The average Bonchev–Trinajstić information content (AvgIpc) is 2.32. The van der Waals surface area contributed by atoms with Crippen molar-refractivity contribution in [1.29, 1.82) is 5.41 Å². The number of ether oxygens (including phenoxy) is 1. The van der Waals surface area contributed by atoms with Crippen LogP contribution in [0, 0.1) is 11.3 Å². The standard InChI is InChI=1S/C13H19N3O/c1-9-2-4-11(5-3-9)17-12-8-10(13(14)15)6-7-16-12/h6-9,11H,2-5H2,1H3,(H3,14,15). The molecule has 1 aliphatic rings. The summed E-state index contributed by atoms with van der Waals surface area (Å²) in [6.45, 7) is 2.28. The van der Waals surface area contributed by atoms with E-state index >= 15 is 0 Å². The summed E-state index contributed by atoms with van der Waals surface area (Å²) in [7, 11) is 0. The zero-order valence-corrected chi connectivity index (χ0v) is 10.1. The molecule has 0 aliphatic heterocycles. The number of nitrogens with zero attached hydrogens (tertiary/aromatic N) is 1. The Morgan fingerprint density at radius 3 is 2.76 bits per heavy atom. The van der Waals surface area contributed by atoms with Gasteiger partial charge in [-0.1, -0.05) is 6.92 Å². The van der Waals surface area contributed by atoms with Crippen molar-refractivity contribution in [3.8, 4) is 5.88 Å². The van der Waals surface area contributed by atoms with Crippen LogP contribution >= 0.6 is 0 Å². The second kappa shape index (κ2) is 5.17. The van der Waals surface area contributed by atoms with E-state index < -0.39 is 0 Å². The normalized spacial score (nSPS) is 24.3. The molecule has 4 heteroatoms. The zero-order valence-electron chi connectivity index (χ0n) is 10.1. The molecule has 0 saturated heterocycles. The van der Waals surface area contributed by atoms with Crippen molar-refractivity contribution in [1.82, 2.24) is 4.98 Å². The third kappa shape index (κ3) is 3.19. The van der Waals surface area contributed by atoms with E-state index in [1.54, 1.807) is 18.3 Å². The largest absolute Gasteiger partial charge is 0.474 e. The molecule has 4 nitrogen and oxygen atoms in total. The van der Waals surface area contributed by atoms with Gasteiger partial charge in [0.1, 0.15) is 11.9 Å². The molecule has 92 valence electrons. The quantitative estimate of drug-likeness (QED) is 0.621. The Morgan fingerprint density at radius 1 is 1.41 bits per heavy atom. The number of amidine groups is 1. The Bertz CT molecular complexity index is 397. The molecule has 0 aromatic carbocycles. The molecule has 1 aliphatic carbocycles. The van der Waals surface area contributed by atoms with Gasteiger partial charge in [0.25, 0.3) is 0 Å². The van der Waals surface area contributed by atoms with Crippen LogP contribution in [-0.4, -0.2) is 16.9 Å². The highest BCUT2D eigenvalue weighted by Gasteiger charge is 2.19. The smallest absolute Gasteiger partial charge is 0.214 e. The highest BCUT2D eigenvalue weighted by Crippen LogP contribution is 2.26. The van der Waals surface area contributed by atoms with Crippen molar-refractivity contribution in [3.05, 3.63) is 23.9 Å². The maximum absolute atomic E-state index is 7.37. The molecular formula is C13H19N3O. The van der Waals surface area contributed by atoms with Gasteiger partial charge in [-0.2, -0.15) is 0 Å². The van der Waals surface area contributed by atoms with Crippen LogP contribution in [0.15, 0.2) is 18.3 Å². The lowest BCUT2D eigenvalue weighted by molar-refractivity contribution is 0.130. The van der Waals surface area contributed by atoms with Gasteiger partial charge >= 0.3 is 0 Å². The second-order valence-electron chi connectivity index (χ2n) is 4.80. The first kappa shape index (κ1) is 11.9. The summed E-state index contributed by atoms with van der Waals surface area (Å²) in [5.41, 5.74) is 6.10. The maximum atomic E-state index is 7.37. The average molecular weight is 233 g/mol. The summed E-state index contributed by atoms with van der Waals surface area (Å²) in [5.74, 6) is 1.44. The molecule has 1 aromatic heterocycles. The van der Waals surface area contributed by atoms with Crippen LogP contribution < -0.4 is 10.5 Å². The molecule has 0 atom stereocenters. The van der Waals surface area contributed by atoms with E-state index in [1.165, 1.54) is 12.8 Å². The molecule has 1 aromatic rings. The lowest BCUT2D eigenvalue weighted by Gasteiger charge is -2.26. The first-order valence-electron chi connectivity index (χ1n) is 6.12. The topological polar surface area (TPSA) is 72.0 Å². The van der Waals surface area contributed by atoms with E-state index in [4.69, 9.17) is 15.9 Å². The molecule has 0 bridgehead atoms. The van der Waals surface area contributed by atoms with Gasteiger partial charge in [-0.05, 0) is 37.7 Å². The first-order chi connectivity index (χ1) is 8.15. The van der Waals surface area contributed by atoms with Crippen LogP contribution in [0.3, 0.4) is 0 Å². The van der Waals surface area contributed by atoms with Crippen molar-refractivity contribution in [2.45, 2.75) is 38.7 Å². The summed E-state index contributed by atoms with van der Waals surface area (Å²) >= 11 is 0. The zero-order chi connectivity index (χ0) is 12.3. The molecule has 0 spiro atoms. The Labute approximate surface area is 102 Å². The van der Waals surface area contributed by atoms with Gasteiger partial charge in [0.05, 0.1) is 0 Å². The summed E-state index contributed by atoms with van der Waals surface area (Å²) in [4.78, 5) is 4.16. The number of pyridine rings is 1. The fraction of sp³-hybridized carbons (Fsp3) is 0.538. The van der Waals surface area contributed by atoms with E-state index in [-0.39, 0.29) is 11.9 Å². The molecule has 1 fully saturated rings. The van der Waals surface area contributed by atoms with Crippen LogP contribution in [0.1, 0.15) is 38.2 Å². The molecular weight excluding hydrogens is 214 g/mol. The van der Waals surface area contributed by atoms with Gasteiger partial charge in [-0.25, -0.2) is 4.98 Å². The molecule has 1 heterocycles. The lowest BCUT2D eigenvalue weighted by Crippen LogP contribution is -2.23. The number of aromatic nitrogens is 1. The fourth-order valence-corrected chi connectivity index (χ4v) is 2.16. The van der Waals surface area contributed by atoms with E-state index in [2.05, 4.69) is 11.9 Å². The Hall–Kier alpha value is -1.58. The number of nitrogens with two attached hydrogens (primary N) is 1. The SMILES string of the molecule is CC1CCC(Oc2cc(C(=N)N)ccn2)CC1.